The third kappa shape index (κ3) is 6.34. The van der Waals surface area contributed by atoms with Gasteiger partial charge >= 0.3 is 0 Å². The van der Waals surface area contributed by atoms with Crippen LogP contribution in [0.2, 0.25) is 5.02 Å². The normalized spacial score (nSPS) is 11.6. The number of nitro groups is 1. The molecule has 1 amide bonds. The van der Waals surface area contributed by atoms with Crippen LogP contribution in [0.4, 0.5) is 11.4 Å². The fourth-order valence-corrected chi connectivity index (χ4v) is 2.68. The van der Waals surface area contributed by atoms with Gasteiger partial charge in [-0.1, -0.05) is 29.8 Å². The minimum absolute atomic E-state index is 0.0416. The molecule has 8 heteroatoms. The van der Waals surface area contributed by atoms with Crippen LogP contribution in [0.15, 0.2) is 48.5 Å². The van der Waals surface area contributed by atoms with Crippen molar-refractivity contribution in [2.24, 2.45) is 0 Å². The Morgan fingerprint density at radius 1 is 1.15 bits per heavy atom. The summed E-state index contributed by atoms with van der Waals surface area (Å²) in [4.78, 5) is 23.2. The quantitative estimate of drug-likeness (QED) is 0.351. The summed E-state index contributed by atoms with van der Waals surface area (Å²) in [7, 11) is 1.94. The number of carbonyl (C=O) groups is 1. The van der Waals surface area contributed by atoms with Gasteiger partial charge in [-0.3, -0.25) is 14.9 Å². The lowest BCUT2D eigenvalue weighted by molar-refractivity contribution is -0.885. The van der Waals surface area contributed by atoms with Gasteiger partial charge in [-0.15, -0.1) is 0 Å². The number of nitro benzene ring substituents is 1. The van der Waals surface area contributed by atoms with Crippen molar-refractivity contribution < 1.29 is 14.6 Å². The van der Waals surface area contributed by atoms with Gasteiger partial charge in [-0.25, -0.2) is 0 Å². The van der Waals surface area contributed by atoms with Crippen molar-refractivity contribution in [3.05, 3.63) is 69.2 Å². The molecule has 0 saturated carbocycles. The fraction of sp³-hybridized carbons (Fsp3) is 0.278. The van der Waals surface area contributed by atoms with Crippen LogP contribution >= 0.6 is 11.6 Å². The van der Waals surface area contributed by atoms with Crippen LogP contribution in [0.3, 0.4) is 0 Å². The summed E-state index contributed by atoms with van der Waals surface area (Å²) in [5.74, 6) is -0.0416. The van der Waals surface area contributed by atoms with Crippen LogP contribution in [0, 0.1) is 10.1 Å². The van der Waals surface area contributed by atoms with E-state index in [0.29, 0.717) is 31.2 Å². The number of nitrogens with zero attached hydrogens (tertiary/aromatic N) is 1. The van der Waals surface area contributed by atoms with Crippen molar-refractivity contribution in [1.82, 2.24) is 5.32 Å². The van der Waals surface area contributed by atoms with E-state index >= 15 is 0 Å². The highest BCUT2D eigenvalue weighted by molar-refractivity contribution is 6.31. The SMILES string of the molecule is C[NH+](CC(=O)NCCNc1ccc([N+](=O)[O-])cc1)Cc1ccccc1Cl. The number of hydrogen-bond acceptors (Lipinski definition) is 4. The standard InChI is InChI=1S/C18H21ClN4O3/c1-22(12-14-4-2-3-5-17(14)19)13-18(24)21-11-10-20-15-6-8-16(9-7-15)23(25)26/h2-9,20H,10-13H2,1H3,(H,21,24)/p+1. The second-order valence-corrected chi connectivity index (χ2v) is 6.39. The monoisotopic (exact) mass is 377 g/mol. The minimum Gasteiger partial charge on any atom is -0.383 e. The molecule has 0 fully saturated rings. The molecule has 0 saturated heterocycles. The molecule has 0 aliphatic rings. The lowest BCUT2D eigenvalue weighted by atomic mass is 10.2. The number of carbonyl (C=O) groups excluding carboxylic acids is 1. The zero-order valence-corrected chi connectivity index (χ0v) is 15.3. The molecule has 0 aliphatic heterocycles. The fourth-order valence-electron chi connectivity index (χ4n) is 2.48. The van der Waals surface area contributed by atoms with Crippen molar-refractivity contribution >= 4 is 28.9 Å². The highest BCUT2D eigenvalue weighted by atomic mass is 35.5. The molecule has 7 nitrogen and oxygen atoms in total. The lowest BCUT2D eigenvalue weighted by Gasteiger charge is -2.15. The van der Waals surface area contributed by atoms with E-state index in [2.05, 4.69) is 10.6 Å². The smallest absolute Gasteiger partial charge is 0.275 e. The van der Waals surface area contributed by atoms with E-state index in [1.807, 2.05) is 31.3 Å². The Labute approximate surface area is 157 Å². The maximum Gasteiger partial charge on any atom is 0.275 e. The van der Waals surface area contributed by atoms with Gasteiger partial charge in [0, 0.05) is 41.5 Å². The molecule has 0 bridgehead atoms. The van der Waals surface area contributed by atoms with Gasteiger partial charge in [0.05, 0.1) is 12.0 Å². The molecule has 2 rings (SSSR count). The Kier molecular flexibility index (Phi) is 7.37. The van der Waals surface area contributed by atoms with Gasteiger partial charge in [0.15, 0.2) is 6.54 Å². The van der Waals surface area contributed by atoms with Crippen molar-refractivity contribution in [1.29, 1.82) is 0 Å². The summed E-state index contributed by atoms with van der Waals surface area (Å²) in [6.07, 6.45) is 0. The molecular weight excluding hydrogens is 356 g/mol. The summed E-state index contributed by atoms with van der Waals surface area (Å²) in [5.41, 5.74) is 1.83. The Morgan fingerprint density at radius 3 is 2.50 bits per heavy atom. The third-order valence-corrected chi connectivity index (χ3v) is 4.14. The number of nitrogens with one attached hydrogen (secondary N) is 3. The summed E-state index contributed by atoms with van der Waals surface area (Å²) in [6.45, 7) is 2.03. The van der Waals surface area contributed by atoms with Crippen LogP contribution < -0.4 is 15.5 Å². The topological polar surface area (TPSA) is 88.7 Å². The van der Waals surface area contributed by atoms with Crippen LogP contribution in [-0.4, -0.2) is 37.5 Å². The maximum absolute atomic E-state index is 12.0. The zero-order valence-electron chi connectivity index (χ0n) is 14.5. The second-order valence-electron chi connectivity index (χ2n) is 5.98. The van der Waals surface area contributed by atoms with Crippen molar-refractivity contribution in [2.75, 3.05) is 32.0 Å². The van der Waals surface area contributed by atoms with E-state index < -0.39 is 4.92 Å². The highest BCUT2D eigenvalue weighted by Crippen LogP contribution is 2.15. The second kappa shape index (κ2) is 9.74. The number of quaternary nitrogens is 1. The first-order valence-corrected chi connectivity index (χ1v) is 8.63. The average Bonchev–Trinajstić information content (AvgIpc) is 2.61. The highest BCUT2D eigenvalue weighted by Gasteiger charge is 2.11. The molecule has 0 spiro atoms. The number of hydrogen-bond donors (Lipinski definition) is 3. The number of anilines is 1. The number of benzene rings is 2. The van der Waals surface area contributed by atoms with Gasteiger partial charge in [-0.05, 0) is 18.2 Å². The van der Waals surface area contributed by atoms with Crippen LogP contribution in [0.5, 0.6) is 0 Å². The molecule has 2 aromatic carbocycles. The van der Waals surface area contributed by atoms with Gasteiger partial charge in [0.25, 0.3) is 11.6 Å². The first-order valence-electron chi connectivity index (χ1n) is 8.25. The Hall–Kier alpha value is -2.64. The molecule has 0 heterocycles. The van der Waals surface area contributed by atoms with E-state index in [1.54, 1.807) is 12.1 Å². The zero-order chi connectivity index (χ0) is 18.9. The molecule has 1 unspecified atom stereocenters. The molecule has 0 aliphatic carbocycles. The minimum atomic E-state index is -0.439. The molecule has 1 atom stereocenters. The largest absolute Gasteiger partial charge is 0.383 e. The number of non-ortho nitro benzene ring substituents is 1. The van der Waals surface area contributed by atoms with Gasteiger partial charge in [-0.2, -0.15) is 0 Å². The molecule has 2 aromatic rings. The third-order valence-electron chi connectivity index (χ3n) is 3.77. The summed E-state index contributed by atoms with van der Waals surface area (Å²) in [5, 5.41) is 17.3. The van der Waals surface area contributed by atoms with E-state index in [0.717, 1.165) is 16.2 Å². The van der Waals surface area contributed by atoms with Gasteiger partial charge in [0.2, 0.25) is 0 Å². The summed E-state index contributed by atoms with van der Waals surface area (Å²) in [6, 6.07) is 13.8. The van der Waals surface area contributed by atoms with E-state index in [-0.39, 0.29) is 11.6 Å². The van der Waals surface area contributed by atoms with Crippen LogP contribution in [0.1, 0.15) is 5.56 Å². The van der Waals surface area contributed by atoms with Crippen LogP contribution in [0.25, 0.3) is 0 Å². The predicted molar refractivity (Wildman–Crippen MR) is 102 cm³/mol. The van der Waals surface area contributed by atoms with Crippen molar-refractivity contribution in [3.8, 4) is 0 Å². The van der Waals surface area contributed by atoms with Gasteiger partial charge < -0.3 is 15.5 Å². The van der Waals surface area contributed by atoms with E-state index in [4.69, 9.17) is 11.6 Å². The Morgan fingerprint density at radius 2 is 1.85 bits per heavy atom. The molecular formula is C18H22ClN4O3+. The Bertz CT molecular complexity index is 752. The molecule has 26 heavy (non-hydrogen) atoms. The van der Waals surface area contributed by atoms with Crippen molar-refractivity contribution in [2.45, 2.75) is 6.54 Å². The first kappa shape index (κ1) is 19.7. The number of amides is 1. The first-order chi connectivity index (χ1) is 12.5. The van der Waals surface area contributed by atoms with E-state index in [1.165, 1.54) is 12.1 Å². The van der Waals surface area contributed by atoms with Crippen LogP contribution in [-0.2, 0) is 11.3 Å². The van der Waals surface area contributed by atoms with E-state index in [9.17, 15) is 14.9 Å². The summed E-state index contributed by atoms with van der Waals surface area (Å²) < 4.78 is 0. The molecule has 0 aromatic heterocycles. The number of halogens is 1. The summed E-state index contributed by atoms with van der Waals surface area (Å²) >= 11 is 6.13. The molecule has 138 valence electrons. The predicted octanol–water partition coefficient (Wildman–Crippen LogP) is 1.49. The van der Waals surface area contributed by atoms with Crippen molar-refractivity contribution in [3.63, 3.8) is 0 Å². The maximum atomic E-state index is 12.0. The number of likely N-dealkylation sites (N-methyl/N-ethyl adjacent to an activating group) is 1. The molecule has 0 radical (unpaired) electrons. The number of rotatable bonds is 9. The Balaban J connectivity index is 1.67. The average molecular weight is 378 g/mol. The van der Waals surface area contributed by atoms with Gasteiger partial charge in [0.1, 0.15) is 6.54 Å². The lowest BCUT2D eigenvalue weighted by Crippen LogP contribution is -3.08. The molecule has 3 N–H and O–H groups in total.